The average Bonchev–Trinajstić information content (AvgIpc) is 1.32. The third kappa shape index (κ3) is 21.8. The lowest BCUT2D eigenvalue weighted by Gasteiger charge is -2.43. The van der Waals surface area contributed by atoms with Crippen LogP contribution in [-0.2, 0) is 58.0 Å². The maximum atomic E-state index is 12.8. The number of nitrogens with zero attached hydrogens (tertiary/aromatic N) is 21. The number of amides is 3. The molecule has 0 N–H and O–H groups in total. The highest BCUT2D eigenvalue weighted by atomic mass is 35.5. The van der Waals surface area contributed by atoms with Crippen LogP contribution in [0, 0.1) is 19.7 Å². The van der Waals surface area contributed by atoms with Crippen molar-refractivity contribution in [3.05, 3.63) is 229 Å². The molecule has 6 aromatic carbocycles. The Morgan fingerprint density at radius 3 is 1.18 bits per heavy atom. The standard InChI is InChI=1S/C35H41ClFN7O3.C35H39ClFN7O2.C34H39ClFN7O2/c1-24(2)41-17-18-46-27(21-41)23-47-35-39-30-22-42(31-10-5-8-25-7-4-9-29(36)33(25)31)14-12-28(30)34(40-35)43-15-16-44(26(20-43)19-38-3)32(45)11-6-13-37;1-38-21-26-22-42(19-20-44(26)31(45)11-4-15-37)33-27-12-18-41(30-10-3-8-25-7-2-9-28(36)32(25)30)23-29(27)39-34(40-33)46-24-35-13-5-16-43(35)17-6-14-35;1-23(2)42-16-12-25(42)22-45-34-38-29-21-40(30-10-5-8-24-7-4-9-28(35)32(24)30)15-13-27(29)33(39-34)41-17-18-43(26(20-41)19-37-3)31(44)11-6-14-36/h4-11,24,26-27H,12-23H2,1-2H3;2-4,7-11,26H,5-6,12-24H2;4-11,23,25-26H,12-22H2,1-2H3/b11-6+;11-4+;11-6+/t26-,27?;26-;25?,26-/m000/s1. The molecule has 10 aliphatic rings. The zero-order valence-corrected chi connectivity index (χ0v) is 81.1. The molecule has 10 aliphatic heterocycles. The summed E-state index contributed by atoms with van der Waals surface area (Å²) in [5.41, 5.74) is 9.15. The molecule has 34 heteroatoms. The number of allylic oxidation sites excluding steroid dienone is 3. The summed E-state index contributed by atoms with van der Waals surface area (Å²) in [7, 11) is 0. The number of anilines is 6. The number of morpholine rings is 1. The van der Waals surface area contributed by atoms with Crippen LogP contribution in [0.2, 0.25) is 15.1 Å². The molecule has 28 nitrogen and oxygen atoms in total. The summed E-state index contributed by atoms with van der Waals surface area (Å²) in [6.07, 6.45) is 15.2. The molecule has 3 amide bonds. The Bertz CT molecular complexity index is 6110. The number of alkyl halides is 3. The van der Waals surface area contributed by atoms with Crippen LogP contribution in [0.4, 0.5) is 47.7 Å². The zero-order chi connectivity index (χ0) is 96.1. The van der Waals surface area contributed by atoms with Crippen LogP contribution < -0.4 is 43.6 Å². The second kappa shape index (κ2) is 44.9. The van der Waals surface area contributed by atoms with Gasteiger partial charge < -0.3 is 77.6 Å². The minimum absolute atomic E-state index is 0.0605. The number of ether oxygens (including phenoxy) is 4. The van der Waals surface area contributed by atoms with E-state index in [0.717, 1.165) is 195 Å². The number of likely N-dealkylation sites (tertiary alicyclic amines) is 1. The van der Waals surface area contributed by atoms with Gasteiger partial charge in [0.05, 0.1) is 63.9 Å². The van der Waals surface area contributed by atoms with Gasteiger partial charge in [-0.05, 0) is 163 Å². The molecule has 3 aromatic heterocycles. The van der Waals surface area contributed by atoms with Gasteiger partial charge in [-0.2, -0.15) is 29.9 Å². The molecule has 138 heavy (non-hydrogen) atoms. The highest BCUT2D eigenvalue weighted by molar-refractivity contribution is 6.37. The summed E-state index contributed by atoms with van der Waals surface area (Å²) in [5, 5.41) is 8.49. The van der Waals surface area contributed by atoms with Gasteiger partial charge >= 0.3 is 18.0 Å². The summed E-state index contributed by atoms with van der Waals surface area (Å²) in [6.45, 7) is 44.9. The molecule has 0 saturated carbocycles. The second-order valence-electron chi connectivity index (χ2n) is 37.4. The van der Waals surface area contributed by atoms with E-state index in [9.17, 15) is 27.6 Å². The van der Waals surface area contributed by atoms with Crippen LogP contribution in [0.25, 0.3) is 46.9 Å². The fraction of sp³-hybridized carbons (Fsp3) is 0.481. The first-order valence-corrected chi connectivity index (χ1v) is 49.4. The quantitative estimate of drug-likeness (QED) is 0.0363. The Labute approximate surface area is 820 Å². The van der Waals surface area contributed by atoms with Gasteiger partial charge in [0.1, 0.15) is 81.5 Å². The average molecular weight is 1940 g/mol. The van der Waals surface area contributed by atoms with Crippen molar-refractivity contribution in [1.29, 1.82) is 0 Å². The van der Waals surface area contributed by atoms with Gasteiger partial charge in [-0.25, -0.2) is 32.9 Å². The largest absolute Gasteiger partial charge is 0.462 e. The van der Waals surface area contributed by atoms with Crippen molar-refractivity contribution < 1.29 is 46.5 Å². The normalized spacial score (nSPS) is 20.7. The number of hydrogen-bond acceptors (Lipinski definition) is 22. The number of piperazine rings is 3. The van der Waals surface area contributed by atoms with Gasteiger partial charge in [-0.1, -0.05) is 108 Å². The number of hydrogen-bond donors (Lipinski definition) is 0. The molecular weight excluding hydrogens is 1820 g/mol. The van der Waals surface area contributed by atoms with E-state index in [-0.39, 0.29) is 73.1 Å². The van der Waals surface area contributed by atoms with Crippen LogP contribution >= 0.6 is 34.8 Å². The van der Waals surface area contributed by atoms with Crippen molar-refractivity contribution in [3.8, 4) is 18.0 Å². The Morgan fingerprint density at radius 1 is 0.449 bits per heavy atom. The van der Waals surface area contributed by atoms with Gasteiger partial charge in [0.2, 0.25) is 37.4 Å². The number of carbonyl (C=O) groups is 3. The van der Waals surface area contributed by atoms with E-state index < -0.39 is 20.0 Å². The molecule has 7 fully saturated rings. The van der Waals surface area contributed by atoms with Crippen molar-refractivity contribution in [1.82, 2.24) is 59.3 Å². The number of carbonyl (C=O) groups excluding carboxylic acids is 3. The molecule has 19 rings (SSSR count). The van der Waals surface area contributed by atoms with E-state index >= 15 is 0 Å². The second-order valence-corrected chi connectivity index (χ2v) is 38.6. The smallest absolute Gasteiger partial charge is 0.318 e. The predicted molar refractivity (Wildman–Crippen MR) is 536 cm³/mol. The molecule has 0 radical (unpaired) electrons. The maximum Gasteiger partial charge on any atom is 0.318 e. The lowest BCUT2D eigenvalue weighted by molar-refractivity contribution is -0.129. The van der Waals surface area contributed by atoms with Gasteiger partial charge in [0, 0.05) is 184 Å². The molecule has 13 heterocycles. The minimum atomic E-state index is -0.710. The summed E-state index contributed by atoms with van der Waals surface area (Å²) >= 11 is 20.1. The summed E-state index contributed by atoms with van der Waals surface area (Å²) in [6, 6.07) is 37.8. The van der Waals surface area contributed by atoms with Crippen LogP contribution in [0.1, 0.15) is 93.6 Å². The lowest BCUT2D eigenvalue weighted by atomic mass is 9.95. The maximum absolute atomic E-state index is 12.8. The van der Waals surface area contributed by atoms with Crippen LogP contribution in [-0.4, -0.2) is 302 Å². The van der Waals surface area contributed by atoms with Gasteiger partial charge in [0.25, 0.3) is 0 Å². The third-order valence-electron chi connectivity index (χ3n) is 28.6. The van der Waals surface area contributed by atoms with E-state index in [0.29, 0.717) is 147 Å². The fourth-order valence-electron chi connectivity index (χ4n) is 21.5. The van der Waals surface area contributed by atoms with Gasteiger partial charge in [-0.3, -0.25) is 29.1 Å². The van der Waals surface area contributed by atoms with Crippen molar-refractivity contribution in [2.75, 3.05) is 207 Å². The van der Waals surface area contributed by atoms with Crippen LogP contribution in [0.5, 0.6) is 18.0 Å². The van der Waals surface area contributed by atoms with Crippen molar-refractivity contribution in [2.24, 2.45) is 0 Å². The van der Waals surface area contributed by atoms with Gasteiger partial charge in [-0.15, -0.1) is 0 Å². The first kappa shape index (κ1) is 97.8. The predicted octanol–water partition coefficient (Wildman–Crippen LogP) is 15.3. The monoisotopic (exact) mass is 1940 g/mol. The molecule has 0 aliphatic carbocycles. The zero-order valence-electron chi connectivity index (χ0n) is 78.8. The van der Waals surface area contributed by atoms with Crippen molar-refractivity contribution in [2.45, 2.75) is 147 Å². The molecule has 0 bridgehead atoms. The Kier molecular flexibility index (Phi) is 31.8. The Hall–Kier alpha value is -11.9. The third-order valence-corrected chi connectivity index (χ3v) is 29.5. The molecule has 5 atom stereocenters. The highest BCUT2D eigenvalue weighted by Crippen LogP contribution is 2.45. The first-order valence-electron chi connectivity index (χ1n) is 48.3. The van der Waals surface area contributed by atoms with E-state index in [1.807, 2.05) is 36.4 Å². The molecule has 0 spiro atoms. The number of aromatic nitrogens is 6. The van der Waals surface area contributed by atoms with Crippen molar-refractivity contribution >= 4 is 119 Å². The lowest BCUT2D eigenvalue weighted by Crippen LogP contribution is -2.56. The van der Waals surface area contributed by atoms with Gasteiger partial charge in [0.15, 0.2) is 0 Å². The molecule has 7 saturated heterocycles. The van der Waals surface area contributed by atoms with Crippen molar-refractivity contribution in [3.63, 3.8) is 0 Å². The van der Waals surface area contributed by atoms with Crippen LogP contribution in [0.3, 0.4) is 0 Å². The number of benzene rings is 6. The van der Waals surface area contributed by atoms with E-state index in [1.54, 1.807) is 14.7 Å². The van der Waals surface area contributed by atoms with E-state index in [1.165, 1.54) is 49.3 Å². The van der Waals surface area contributed by atoms with E-state index in [2.05, 4.69) is 159 Å². The Balaban J connectivity index is 0.000000143. The molecule has 9 aromatic rings. The van der Waals surface area contributed by atoms with Crippen LogP contribution in [0.15, 0.2) is 146 Å². The summed E-state index contributed by atoms with van der Waals surface area (Å²) in [5.74, 6) is 1.59. The fourth-order valence-corrected chi connectivity index (χ4v) is 22.4. The first-order chi connectivity index (χ1) is 67.2. The molecule has 724 valence electrons. The topological polar surface area (TPSA) is 217 Å². The highest BCUT2D eigenvalue weighted by Gasteiger charge is 2.47. The summed E-state index contributed by atoms with van der Waals surface area (Å²) < 4.78 is 63.4. The summed E-state index contributed by atoms with van der Waals surface area (Å²) in [4.78, 5) is 105. The SMILES string of the molecule is [C-]#[N+]C[C@H]1CN(c2nc(OCC34CCCN3CCC4)nc3c2CCN(c2cccc4cccc(Cl)c24)C3)CCN1C(=O)/C=C/CF.[C-]#[N+]C[C@H]1CN(c2nc(OCC3CCN3C(C)C)nc3c2CCN(c2cccc4cccc(Cl)c24)C3)CCN1C(=O)/C=C/CF.[C-]#[N+]C[C@H]1CN(c2nc(OCC3CN(C(C)C)CCO3)nc3c2CCN(c2cccc4cccc(Cl)c24)C3)CCN1C(=O)/C=C/CF. The number of rotatable bonds is 26. The Morgan fingerprint density at radius 2 is 0.826 bits per heavy atom. The number of halogens is 6. The molecular formula is C104H119Cl3F3N21O7. The van der Waals surface area contributed by atoms with E-state index in [4.69, 9.17) is 103 Å². The minimum Gasteiger partial charge on any atom is -0.462 e. The number of fused-ring (bicyclic) bond motifs is 7. The molecule has 2 unspecified atom stereocenters.